The van der Waals surface area contributed by atoms with Crippen LogP contribution in [0.2, 0.25) is 0 Å². The first-order chi connectivity index (χ1) is 8.31. The topological polar surface area (TPSA) is 15.3 Å². The molecule has 1 aliphatic carbocycles. The first kappa shape index (κ1) is 13.4. The van der Waals surface area contributed by atoms with Gasteiger partial charge in [0.1, 0.15) is 0 Å². The lowest BCUT2D eigenvalue weighted by molar-refractivity contribution is 0.132. The third-order valence-corrected chi connectivity index (χ3v) is 4.65. The molecule has 2 aliphatic rings. The van der Waals surface area contributed by atoms with E-state index in [0.717, 1.165) is 17.9 Å². The molecule has 0 bridgehead atoms. The van der Waals surface area contributed by atoms with Crippen LogP contribution >= 0.6 is 0 Å². The highest BCUT2D eigenvalue weighted by molar-refractivity contribution is 4.84. The molecule has 0 amide bonds. The number of rotatable bonds is 6. The quantitative estimate of drug-likeness (QED) is 0.765. The van der Waals surface area contributed by atoms with Gasteiger partial charge in [-0.3, -0.25) is 0 Å². The Labute approximate surface area is 107 Å². The number of nitrogens with one attached hydrogen (secondary N) is 1. The highest BCUT2D eigenvalue weighted by Gasteiger charge is 2.26. The fourth-order valence-corrected chi connectivity index (χ4v) is 3.28. The minimum atomic E-state index is 0.765. The molecule has 1 aliphatic heterocycles. The summed E-state index contributed by atoms with van der Waals surface area (Å²) in [7, 11) is 0. The van der Waals surface area contributed by atoms with E-state index in [-0.39, 0.29) is 0 Å². The summed E-state index contributed by atoms with van der Waals surface area (Å²) in [6.07, 6.45) is 8.46. The number of hydrogen-bond donors (Lipinski definition) is 1. The Bertz CT molecular complexity index is 213. The zero-order valence-electron chi connectivity index (χ0n) is 11.8. The maximum atomic E-state index is 3.83. The number of hydrogen-bond acceptors (Lipinski definition) is 2. The van der Waals surface area contributed by atoms with Crippen LogP contribution in [0.5, 0.6) is 0 Å². The van der Waals surface area contributed by atoms with Crippen LogP contribution in [0, 0.1) is 11.8 Å². The van der Waals surface area contributed by atoms with Gasteiger partial charge in [-0.05, 0) is 50.6 Å². The molecule has 2 heteroatoms. The van der Waals surface area contributed by atoms with E-state index in [1.807, 2.05) is 0 Å². The molecule has 17 heavy (non-hydrogen) atoms. The van der Waals surface area contributed by atoms with Gasteiger partial charge >= 0.3 is 0 Å². The van der Waals surface area contributed by atoms with E-state index in [2.05, 4.69) is 24.1 Å². The average Bonchev–Trinajstić information content (AvgIpc) is 2.27. The third kappa shape index (κ3) is 3.96. The summed E-state index contributed by atoms with van der Waals surface area (Å²) in [5, 5.41) is 3.83. The van der Waals surface area contributed by atoms with Crippen molar-refractivity contribution in [1.82, 2.24) is 10.2 Å². The van der Waals surface area contributed by atoms with E-state index in [4.69, 9.17) is 0 Å². The zero-order chi connectivity index (χ0) is 12.1. The normalized spacial score (nSPS) is 31.4. The van der Waals surface area contributed by atoms with E-state index in [1.165, 1.54) is 64.7 Å². The predicted molar refractivity (Wildman–Crippen MR) is 74.3 cm³/mol. The van der Waals surface area contributed by atoms with Gasteiger partial charge in [0.2, 0.25) is 0 Å². The molecular formula is C15H30N2. The summed E-state index contributed by atoms with van der Waals surface area (Å²) in [5.74, 6) is 1.92. The molecular weight excluding hydrogens is 208 g/mol. The first-order valence-corrected chi connectivity index (χ1v) is 7.77. The van der Waals surface area contributed by atoms with Gasteiger partial charge in [-0.1, -0.05) is 26.7 Å². The van der Waals surface area contributed by atoms with Crippen LogP contribution in [0.1, 0.15) is 52.4 Å². The van der Waals surface area contributed by atoms with Crippen LogP contribution < -0.4 is 5.32 Å². The molecule has 1 saturated carbocycles. The monoisotopic (exact) mass is 238 g/mol. The van der Waals surface area contributed by atoms with Crippen LogP contribution in [0.3, 0.4) is 0 Å². The van der Waals surface area contributed by atoms with E-state index in [0.29, 0.717) is 0 Å². The van der Waals surface area contributed by atoms with Crippen molar-refractivity contribution >= 4 is 0 Å². The predicted octanol–water partition coefficient (Wildman–Crippen LogP) is 2.89. The van der Waals surface area contributed by atoms with Gasteiger partial charge < -0.3 is 10.2 Å². The van der Waals surface area contributed by atoms with Gasteiger partial charge in [0.05, 0.1) is 0 Å². The van der Waals surface area contributed by atoms with Crippen LogP contribution in [-0.2, 0) is 0 Å². The molecule has 100 valence electrons. The van der Waals surface area contributed by atoms with E-state index >= 15 is 0 Å². The summed E-state index contributed by atoms with van der Waals surface area (Å²) in [6, 6.07) is 0.765. The van der Waals surface area contributed by atoms with Crippen molar-refractivity contribution in [3.05, 3.63) is 0 Å². The standard InChI is InChI=1S/C15H30N2/c1-3-8-17-11-13(4-2)9-15(12-17)16-10-14-6-5-7-14/h13-16H,3-12H2,1-2H3. The zero-order valence-corrected chi connectivity index (χ0v) is 11.8. The highest BCUT2D eigenvalue weighted by Crippen LogP contribution is 2.26. The van der Waals surface area contributed by atoms with Crippen LogP contribution in [0.4, 0.5) is 0 Å². The second kappa shape index (κ2) is 6.75. The highest BCUT2D eigenvalue weighted by atomic mass is 15.2. The molecule has 2 rings (SSSR count). The molecule has 0 spiro atoms. The molecule has 2 unspecified atom stereocenters. The number of piperidine rings is 1. The van der Waals surface area contributed by atoms with E-state index in [1.54, 1.807) is 0 Å². The van der Waals surface area contributed by atoms with Gasteiger partial charge in [0.15, 0.2) is 0 Å². The smallest absolute Gasteiger partial charge is 0.0198 e. The van der Waals surface area contributed by atoms with Gasteiger partial charge in [-0.15, -0.1) is 0 Å². The van der Waals surface area contributed by atoms with Gasteiger partial charge in [0, 0.05) is 19.1 Å². The molecule has 0 aromatic rings. The Kier molecular flexibility index (Phi) is 5.30. The Morgan fingerprint density at radius 2 is 1.94 bits per heavy atom. The molecule has 2 fully saturated rings. The summed E-state index contributed by atoms with van der Waals surface area (Å²) in [5.41, 5.74) is 0. The minimum absolute atomic E-state index is 0.765. The van der Waals surface area contributed by atoms with Crippen LogP contribution in [0.15, 0.2) is 0 Å². The lowest BCUT2D eigenvalue weighted by Gasteiger charge is -2.39. The van der Waals surface area contributed by atoms with Crippen molar-refractivity contribution < 1.29 is 0 Å². The summed E-state index contributed by atoms with van der Waals surface area (Å²) in [4.78, 5) is 2.68. The lowest BCUT2D eigenvalue weighted by Crippen LogP contribution is -2.50. The molecule has 0 radical (unpaired) electrons. The molecule has 2 nitrogen and oxygen atoms in total. The maximum Gasteiger partial charge on any atom is 0.0198 e. The lowest BCUT2D eigenvalue weighted by atomic mass is 9.85. The number of nitrogens with zero attached hydrogens (tertiary/aromatic N) is 1. The van der Waals surface area contributed by atoms with Crippen molar-refractivity contribution in [2.24, 2.45) is 11.8 Å². The van der Waals surface area contributed by atoms with Crippen molar-refractivity contribution in [2.75, 3.05) is 26.2 Å². The second-order valence-corrected chi connectivity index (χ2v) is 6.17. The van der Waals surface area contributed by atoms with Gasteiger partial charge in [-0.2, -0.15) is 0 Å². The van der Waals surface area contributed by atoms with Gasteiger partial charge in [0.25, 0.3) is 0 Å². The van der Waals surface area contributed by atoms with Crippen molar-refractivity contribution in [3.8, 4) is 0 Å². The fourth-order valence-electron chi connectivity index (χ4n) is 3.28. The summed E-state index contributed by atoms with van der Waals surface area (Å²) in [6.45, 7) is 9.84. The largest absolute Gasteiger partial charge is 0.312 e. The second-order valence-electron chi connectivity index (χ2n) is 6.17. The molecule has 1 N–H and O–H groups in total. The Hall–Kier alpha value is -0.0800. The SMILES string of the molecule is CCCN1CC(CC)CC(NCC2CCC2)C1. The molecule has 1 heterocycles. The Morgan fingerprint density at radius 3 is 2.53 bits per heavy atom. The molecule has 0 aromatic heterocycles. The van der Waals surface area contributed by atoms with Crippen LogP contribution in [0.25, 0.3) is 0 Å². The molecule has 0 aromatic carbocycles. The first-order valence-electron chi connectivity index (χ1n) is 7.77. The maximum absolute atomic E-state index is 3.83. The van der Waals surface area contributed by atoms with Gasteiger partial charge in [-0.25, -0.2) is 0 Å². The third-order valence-electron chi connectivity index (χ3n) is 4.65. The Morgan fingerprint density at radius 1 is 1.12 bits per heavy atom. The summed E-state index contributed by atoms with van der Waals surface area (Å²) < 4.78 is 0. The summed E-state index contributed by atoms with van der Waals surface area (Å²) >= 11 is 0. The Balaban J connectivity index is 1.74. The van der Waals surface area contributed by atoms with Crippen molar-refractivity contribution in [2.45, 2.75) is 58.4 Å². The van der Waals surface area contributed by atoms with Crippen molar-refractivity contribution in [1.29, 1.82) is 0 Å². The van der Waals surface area contributed by atoms with E-state index < -0.39 is 0 Å². The van der Waals surface area contributed by atoms with Crippen LogP contribution in [-0.4, -0.2) is 37.1 Å². The average molecular weight is 238 g/mol. The molecule has 1 saturated heterocycles. The fraction of sp³-hybridized carbons (Fsp3) is 1.00. The molecule has 2 atom stereocenters. The minimum Gasteiger partial charge on any atom is -0.312 e. The van der Waals surface area contributed by atoms with E-state index in [9.17, 15) is 0 Å². The number of likely N-dealkylation sites (tertiary alicyclic amines) is 1. The van der Waals surface area contributed by atoms with Crippen molar-refractivity contribution in [3.63, 3.8) is 0 Å².